The normalized spacial score (nSPS) is 19.2. The molecule has 0 aromatic carbocycles. The first-order chi connectivity index (χ1) is 8.11. The summed E-state index contributed by atoms with van der Waals surface area (Å²) in [7, 11) is 1.96. The van der Waals surface area contributed by atoms with Crippen LogP contribution in [0.15, 0.2) is 0 Å². The summed E-state index contributed by atoms with van der Waals surface area (Å²) in [5, 5.41) is 5.45. The molecule has 1 fully saturated rings. The molecule has 0 bridgehead atoms. The first kappa shape index (κ1) is 15.9. The third-order valence-corrected chi connectivity index (χ3v) is 2.62. The molecule has 1 aliphatic heterocycles. The average Bonchev–Trinajstić information content (AvgIpc) is 2.73. The SMILES string of the molecule is CC.CC(=O)NCCNC(=O)C1CCCN1C.[HH].[HH]. The molecule has 1 saturated heterocycles. The topological polar surface area (TPSA) is 61.4 Å². The van der Waals surface area contributed by atoms with Crippen molar-refractivity contribution in [1.82, 2.24) is 15.5 Å². The van der Waals surface area contributed by atoms with E-state index >= 15 is 0 Å². The molecule has 5 nitrogen and oxygen atoms in total. The van der Waals surface area contributed by atoms with E-state index in [2.05, 4.69) is 15.5 Å². The molecular weight excluding hydrogens is 218 g/mol. The summed E-state index contributed by atoms with van der Waals surface area (Å²) in [5.74, 6) is 0.00239. The molecule has 0 saturated carbocycles. The van der Waals surface area contributed by atoms with E-state index in [0.29, 0.717) is 13.1 Å². The van der Waals surface area contributed by atoms with Crippen LogP contribution < -0.4 is 10.6 Å². The highest BCUT2D eigenvalue weighted by Crippen LogP contribution is 2.14. The van der Waals surface area contributed by atoms with Crippen molar-refractivity contribution in [2.24, 2.45) is 0 Å². The molecule has 0 aromatic rings. The average molecular weight is 247 g/mol. The van der Waals surface area contributed by atoms with Crippen LogP contribution in [0.5, 0.6) is 0 Å². The Morgan fingerprint density at radius 3 is 2.35 bits per heavy atom. The van der Waals surface area contributed by atoms with Gasteiger partial charge in [-0.15, -0.1) is 0 Å². The number of hydrogen-bond acceptors (Lipinski definition) is 3. The quantitative estimate of drug-likeness (QED) is 0.724. The molecule has 1 heterocycles. The van der Waals surface area contributed by atoms with Crippen molar-refractivity contribution in [3.05, 3.63) is 0 Å². The van der Waals surface area contributed by atoms with Gasteiger partial charge in [0, 0.05) is 22.9 Å². The van der Waals surface area contributed by atoms with E-state index < -0.39 is 0 Å². The molecule has 0 spiro atoms. The lowest BCUT2D eigenvalue weighted by atomic mass is 10.2. The van der Waals surface area contributed by atoms with Crippen LogP contribution in [0.2, 0.25) is 0 Å². The van der Waals surface area contributed by atoms with Gasteiger partial charge in [-0.3, -0.25) is 14.5 Å². The minimum absolute atomic E-state index is 0. The molecule has 1 unspecified atom stereocenters. The van der Waals surface area contributed by atoms with Crippen molar-refractivity contribution >= 4 is 11.8 Å². The lowest BCUT2D eigenvalue weighted by Crippen LogP contribution is -2.43. The molecule has 1 aliphatic rings. The van der Waals surface area contributed by atoms with Crippen molar-refractivity contribution in [3.63, 3.8) is 0 Å². The van der Waals surface area contributed by atoms with Crippen molar-refractivity contribution in [2.75, 3.05) is 26.7 Å². The maximum Gasteiger partial charge on any atom is 0.237 e. The number of hydrogen-bond donors (Lipinski definition) is 2. The highest BCUT2D eigenvalue weighted by Gasteiger charge is 2.26. The fraction of sp³-hybridized carbons (Fsp3) is 0.833. The third-order valence-electron chi connectivity index (χ3n) is 2.62. The minimum Gasteiger partial charge on any atom is -0.355 e. The predicted molar refractivity (Wildman–Crippen MR) is 72.9 cm³/mol. The second-order valence-corrected chi connectivity index (χ2v) is 3.91. The van der Waals surface area contributed by atoms with Crippen LogP contribution in [0.4, 0.5) is 0 Å². The van der Waals surface area contributed by atoms with Gasteiger partial charge in [-0.1, -0.05) is 13.8 Å². The Bertz CT molecular complexity index is 253. The van der Waals surface area contributed by atoms with Gasteiger partial charge in [0.2, 0.25) is 11.8 Å². The summed E-state index contributed by atoms with van der Waals surface area (Å²) in [4.78, 5) is 24.3. The second-order valence-electron chi connectivity index (χ2n) is 3.91. The Balaban J connectivity index is -0.000000609. The first-order valence-electron chi connectivity index (χ1n) is 6.33. The Labute approximate surface area is 107 Å². The smallest absolute Gasteiger partial charge is 0.237 e. The Morgan fingerprint density at radius 2 is 1.88 bits per heavy atom. The van der Waals surface area contributed by atoms with Gasteiger partial charge in [-0.05, 0) is 26.4 Å². The van der Waals surface area contributed by atoms with Gasteiger partial charge in [0.1, 0.15) is 0 Å². The van der Waals surface area contributed by atoms with Crippen LogP contribution >= 0.6 is 0 Å². The molecule has 0 aromatic heterocycles. The van der Waals surface area contributed by atoms with E-state index in [1.165, 1.54) is 6.92 Å². The Morgan fingerprint density at radius 1 is 1.29 bits per heavy atom. The van der Waals surface area contributed by atoms with Crippen LogP contribution in [0, 0.1) is 0 Å². The number of carbonyl (C=O) groups excluding carboxylic acids is 2. The lowest BCUT2D eigenvalue weighted by Gasteiger charge is -2.18. The summed E-state index contributed by atoms with van der Waals surface area (Å²) in [5.41, 5.74) is 0. The summed E-state index contributed by atoms with van der Waals surface area (Å²) in [6, 6.07) is 0.0160. The fourth-order valence-electron chi connectivity index (χ4n) is 1.78. The molecule has 0 radical (unpaired) electrons. The highest BCUT2D eigenvalue weighted by molar-refractivity contribution is 5.82. The standard InChI is InChI=1S/C10H19N3O2.C2H6.2H2/c1-8(14)11-5-6-12-10(15)9-4-3-7-13(9)2;1-2;;/h9H,3-7H2,1-2H3,(H,11,14)(H,12,15);1-2H3;2*1H. The number of nitrogens with one attached hydrogen (secondary N) is 2. The van der Waals surface area contributed by atoms with E-state index in [9.17, 15) is 9.59 Å². The zero-order chi connectivity index (χ0) is 13.3. The third kappa shape index (κ3) is 6.26. The van der Waals surface area contributed by atoms with Crippen LogP contribution in [-0.4, -0.2) is 49.4 Å². The number of rotatable bonds is 4. The van der Waals surface area contributed by atoms with Crippen LogP contribution in [-0.2, 0) is 9.59 Å². The van der Waals surface area contributed by atoms with Gasteiger partial charge in [0.05, 0.1) is 6.04 Å². The summed E-state index contributed by atoms with van der Waals surface area (Å²) >= 11 is 0. The van der Waals surface area contributed by atoms with E-state index in [1.54, 1.807) is 0 Å². The summed E-state index contributed by atoms with van der Waals surface area (Å²) in [6.07, 6.45) is 2.02. The van der Waals surface area contributed by atoms with Crippen molar-refractivity contribution < 1.29 is 12.4 Å². The van der Waals surface area contributed by atoms with E-state index in [-0.39, 0.29) is 20.7 Å². The zero-order valence-electron chi connectivity index (χ0n) is 11.4. The fourth-order valence-corrected chi connectivity index (χ4v) is 1.78. The number of amides is 2. The number of likely N-dealkylation sites (tertiary alicyclic amines) is 1. The number of likely N-dealkylation sites (N-methyl/N-ethyl adjacent to an activating group) is 1. The van der Waals surface area contributed by atoms with E-state index in [0.717, 1.165) is 19.4 Å². The monoisotopic (exact) mass is 247 g/mol. The lowest BCUT2D eigenvalue weighted by molar-refractivity contribution is -0.125. The largest absolute Gasteiger partial charge is 0.355 e. The molecule has 2 N–H and O–H groups in total. The molecule has 1 rings (SSSR count). The Hall–Kier alpha value is -1.10. The van der Waals surface area contributed by atoms with Crippen LogP contribution in [0.1, 0.15) is 36.5 Å². The van der Waals surface area contributed by atoms with E-state index in [1.807, 2.05) is 20.9 Å². The molecule has 5 heteroatoms. The van der Waals surface area contributed by atoms with Gasteiger partial charge in [0.25, 0.3) is 0 Å². The highest BCUT2D eigenvalue weighted by atomic mass is 16.2. The second kappa shape index (κ2) is 8.98. The molecule has 17 heavy (non-hydrogen) atoms. The van der Waals surface area contributed by atoms with Gasteiger partial charge < -0.3 is 10.6 Å². The van der Waals surface area contributed by atoms with Crippen molar-refractivity contribution in [2.45, 2.75) is 39.7 Å². The van der Waals surface area contributed by atoms with Gasteiger partial charge in [-0.25, -0.2) is 0 Å². The molecule has 104 valence electrons. The van der Waals surface area contributed by atoms with Crippen LogP contribution in [0.25, 0.3) is 0 Å². The van der Waals surface area contributed by atoms with Crippen LogP contribution in [0.3, 0.4) is 0 Å². The predicted octanol–water partition coefficient (Wildman–Crippen LogP) is 0.851. The van der Waals surface area contributed by atoms with Gasteiger partial charge >= 0.3 is 0 Å². The maximum atomic E-state index is 11.6. The van der Waals surface area contributed by atoms with Crippen molar-refractivity contribution in [1.29, 1.82) is 0 Å². The number of nitrogens with zero attached hydrogens (tertiary/aromatic N) is 1. The summed E-state index contributed by atoms with van der Waals surface area (Å²) in [6.45, 7) is 7.45. The van der Waals surface area contributed by atoms with Gasteiger partial charge in [0.15, 0.2) is 0 Å². The first-order valence-corrected chi connectivity index (χ1v) is 6.33. The maximum absolute atomic E-state index is 11.6. The van der Waals surface area contributed by atoms with Gasteiger partial charge in [-0.2, -0.15) is 0 Å². The number of carbonyl (C=O) groups is 2. The molecule has 2 amide bonds. The molecular formula is C12H29N3O2. The molecule has 0 aliphatic carbocycles. The zero-order valence-corrected chi connectivity index (χ0v) is 11.4. The molecule has 1 atom stereocenters. The summed E-state index contributed by atoms with van der Waals surface area (Å²) < 4.78 is 0. The van der Waals surface area contributed by atoms with Crippen molar-refractivity contribution in [3.8, 4) is 0 Å². The van der Waals surface area contributed by atoms with E-state index in [4.69, 9.17) is 0 Å². The minimum atomic E-state index is -0.0674. The Kier molecular flexibility index (Phi) is 8.40.